The number of Topliss-reactive ketones (excluding diaryl/α,β-unsaturated/α-hetero) is 1. The standard InChI is InChI=1S/C18H21NO4/c1-10-3-5-11(6-4-10)12-7-15-13(16(20)8-12)9-14(17(21)19-15)18(22)23-2/h3-6,12-15H,7-9H2,1-2H3,(H,19,21). The first-order chi connectivity index (χ1) is 11.0. The summed E-state index contributed by atoms with van der Waals surface area (Å²) in [5, 5.41) is 2.86. The number of ketones is 1. The van der Waals surface area contributed by atoms with E-state index in [9.17, 15) is 14.4 Å². The number of nitrogens with one attached hydrogen (secondary N) is 1. The van der Waals surface area contributed by atoms with Crippen molar-refractivity contribution in [1.82, 2.24) is 5.32 Å². The smallest absolute Gasteiger partial charge is 0.318 e. The number of fused-ring (bicyclic) bond motifs is 1. The third kappa shape index (κ3) is 3.00. The van der Waals surface area contributed by atoms with Gasteiger partial charge in [0.05, 0.1) is 7.11 Å². The highest BCUT2D eigenvalue weighted by Gasteiger charge is 2.46. The molecule has 1 aromatic rings. The molecule has 2 fully saturated rings. The van der Waals surface area contributed by atoms with Crippen LogP contribution in [0.15, 0.2) is 24.3 Å². The van der Waals surface area contributed by atoms with Crippen LogP contribution in [-0.4, -0.2) is 30.8 Å². The second kappa shape index (κ2) is 6.14. The Hall–Kier alpha value is -2.17. The largest absolute Gasteiger partial charge is 0.468 e. The predicted molar refractivity (Wildman–Crippen MR) is 83.7 cm³/mol. The Balaban J connectivity index is 1.77. The third-order valence-electron chi connectivity index (χ3n) is 5.05. The summed E-state index contributed by atoms with van der Waals surface area (Å²) in [4.78, 5) is 36.3. The van der Waals surface area contributed by atoms with Crippen LogP contribution >= 0.6 is 0 Å². The molecule has 4 atom stereocenters. The molecule has 23 heavy (non-hydrogen) atoms. The number of hydrogen-bond acceptors (Lipinski definition) is 4. The van der Waals surface area contributed by atoms with Crippen molar-refractivity contribution in [3.63, 3.8) is 0 Å². The molecule has 1 aliphatic carbocycles. The highest BCUT2D eigenvalue weighted by molar-refractivity contribution is 6.00. The highest BCUT2D eigenvalue weighted by atomic mass is 16.5. The molecule has 1 N–H and O–H groups in total. The number of piperidine rings is 1. The molecule has 0 radical (unpaired) electrons. The van der Waals surface area contributed by atoms with E-state index in [2.05, 4.69) is 22.2 Å². The SMILES string of the molecule is COC(=O)C1CC2C(=O)CC(c3ccc(C)cc3)CC2NC1=O. The zero-order valence-corrected chi connectivity index (χ0v) is 13.4. The van der Waals surface area contributed by atoms with E-state index in [0.717, 1.165) is 12.0 Å². The molecule has 0 spiro atoms. The van der Waals surface area contributed by atoms with Crippen molar-refractivity contribution in [2.75, 3.05) is 7.11 Å². The number of carbonyl (C=O) groups excluding carboxylic acids is 3. The van der Waals surface area contributed by atoms with Gasteiger partial charge in [0.25, 0.3) is 0 Å². The van der Waals surface area contributed by atoms with E-state index >= 15 is 0 Å². The van der Waals surface area contributed by atoms with Crippen LogP contribution in [0.5, 0.6) is 0 Å². The summed E-state index contributed by atoms with van der Waals surface area (Å²) in [6.07, 6.45) is 1.47. The number of carbonyl (C=O) groups is 3. The molecule has 1 heterocycles. The molecular weight excluding hydrogens is 294 g/mol. The summed E-state index contributed by atoms with van der Waals surface area (Å²) in [5.74, 6) is -1.77. The molecule has 122 valence electrons. The Labute approximate surface area is 135 Å². The zero-order valence-electron chi connectivity index (χ0n) is 13.4. The minimum absolute atomic E-state index is 0.124. The van der Waals surface area contributed by atoms with Crippen LogP contribution < -0.4 is 5.32 Å². The van der Waals surface area contributed by atoms with Crippen LogP contribution in [0.2, 0.25) is 0 Å². The van der Waals surface area contributed by atoms with E-state index in [-0.39, 0.29) is 36.0 Å². The molecule has 0 bridgehead atoms. The Kier molecular flexibility index (Phi) is 4.20. The Morgan fingerprint density at radius 1 is 1.17 bits per heavy atom. The second-order valence-corrected chi connectivity index (χ2v) is 6.55. The highest BCUT2D eigenvalue weighted by Crippen LogP contribution is 2.38. The van der Waals surface area contributed by atoms with E-state index < -0.39 is 11.9 Å². The number of benzene rings is 1. The maximum atomic E-state index is 12.5. The maximum absolute atomic E-state index is 12.5. The quantitative estimate of drug-likeness (QED) is 0.666. The number of amides is 1. The Morgan fingerprint density at radius 2 is 1.87 bits per heavy atom. The molecule has 4 unspecified atom stereocenters. The van der Waals surface area contributed by atoms with Crippen molar-refractivity contribution in [1.29, 1.82) is 0 Å². The first-order valence-electron chi connectivity index (χ1n) is 7.97. The molecule has 1 aromatic carbocycles. The van der Waals surface area contributed by atoms with Crippen molar-refractivity contribution in [2.24, 2.45) is 11.8 Å². The minimum Gasteiger partial charge on any atom is -0.468 e. The molecule has 0 aromatic heterocycles. The number of rotatable bonds is 2. The second-order valence-electron chi connectivity index (χ2n) is 6.55. The number of aryl methyl sites for hydroxylation is 1. The molecule has 1 saturated carbocycles. The lowest BCUT2D eigenvalue weighted by Crippen LogP contribution is -2.56. The lowest BCUT2D eigenvalue weighted by Gasteiger charge is -2.40. The lowest BCUT2D eigenvalue weighted by molar-refractivity contribution is -0.154. The van der Waals surface area contributed by atoms with E-state index in [4.69, 9.17) is 0 Å². The van der Waals surface area contributed by atoms with Crippen molar-refractivity contribution in [2.45, 2.75) is 38.1 Å². The van der Waals surface area contributed by atoms with Gasteiger partial charge in [0.2, 0.25) is 5.91 Å². The first kappa shape index (κ1) is 15.7. The van der Waals surface area contributed by atoms with Gasteiger partial charge in [-0.3, -0.25) is 14.4 Å². The van der Waals surface area contributed by atoms with Crippen molar-refractivity contribution >= 4 is 17.7 Å². The summed E-state index contributed by atoms with van der Waals surface area (Å²) in [6.45, 7) is 2.03. The van der Waals surface area contributed by atoms with Gasteiger partial charge in [0.1, 0.15) is 11.7 Å². The van der Waals surface area contributed by atoms with Gasteiger partial charge in [-0.05, 0) is 31.2 Å². The van der Waals surface area contributed by atoms with Gasteiger partial charge in [-0.15, -0.1) is 0 Å². The van der Waals surface area contributed by atoms with Crippen molar-refractivity contribution in [3.8, 4) is 0 Å². The molecule has 5 nitrogen and oxygen atoms in total. The number of hydrogen-bond donors (Lipinski definition) is 1. The third-order valence-corrected chi connectivity index (χ3v) is 5.05. The number of ether oxygens (including phenoxy) is 1. The Morgan fingerprint density at radius 3 is 2.52 bits per heavy atom. The van der Waals surface area contributed by atoms with Gasteiger partial charge < -0.3 is 10.1 Å². The van der Waals surface area contributed by atoms with E-state index in [1.54, 1.807) is 0 Å². The molecule has 1 amide bonds. The molecular formula is C18H21NO4. The first-order valence-corrected chi connectivity index (χ1v) is 7.97. The summed E-state index contributed by atoms with van der Waals surface area (Å²) in [5.41, 5.74) is 2.31. The van der Waals surface area contributed by atoms with Crippen molar-refractivity contribution in [3.05, 3.63) is 35.4 Å². The van der Waals surface area contributed by atoms with Gasteiger partial charge >= 0.3 is 5.97 Å². The van der Waals surface area contributed by atoms with Gasteiger partial charge in [0.15, 0.2) is 0 Å². The zero-order chi connectivity index (χ0) is 16.6. The fraction of sp³-hybridized carbons (Fsp3) is 0.500. The summed E-state index contributed by atoms with van der Waals surface area (Å²) < 4.78 is 4.67. The molecule has 1 saturated heterocycles. The Bertz CT molecular complexity index is 637. The van der Waals surface area contributed by atoms with Crippen LogP contribution in [0, 0.1) is 18.8 Å². The van der Waals surface area contributed by atoms with Crippen LogP contribution in [0.25, 0.3) is 0 Å². The topological polar surface area (TPSA) is 72.5 Å². The summed E-state index contributed by atoms with van der Waals surface area (Å²) in [6, 6.07) is 8.00. The van der Waals surface area contributed by atoms with E-state index in [1.807, 2.05) is 19.1 Å². The van der Waals surface area contributed by atoms with Crippen LogP contribution in [0.4, 0.5) is 0 Å². The lowest BCUT2D eigenvalue weighted by atomic mass is 9.69. The number of methoxy groups -OCH3 is 1. The van der Waals surface area contributed by atoms with Gasteiger partial charge in [-0.2, -0.15) is 0 Å². The minimum atomic E-state index is -0.860. The monoisotopic (exact) mass is 315 g/mol. The summed E-state index contributed by atoms with van der Waals surface area (Å²) >= 11 is 0. The normalized spacial score (nSPS) is 30.3. The fourth-order valence-electron chi connectivity index (χ4n) is 3.71. The van der Waals surface area contributed by atoms with Crippen LogP contribution in [0.3, 0.4) is 0 Å². The number of esters is 1. The van der Waals surface area contributed by atoms with Gasteiger partial charge in [0, 0.05) is 18.4 Å². The molecule has 5 heteroatoms. The average Bonchev–Trinajstić information content (AvgIpc) is 2.54. The summed E-state index contributed by atoms with van der Waals surface area (Å²) in [7, 11) is 1.26. The van der Waals surface area contributed by atoms with E-state index in [0.29, 0.717) is 6.42 Å². The van der Waals surface area contributed by atoms with E-state index in [1.165, 1.54) is 12.7 Å². The molecule has 1 aliphatic heterocycles. The van der Waals surface area contributed by atoms with Gasteiger partial charge in [-0.25, -0.2) is 0 Å². The predicted octanol–water partition coefficient (Wildman–Crippen LogP) is 1.74. The molecule has 2 aliphatic rings. The average molecular weight is 315 g/mol. The van der Waals surface area contributed by atoms with Crippen LogP contribution in [0.1, 0.15) is 36.3 Å². The maximum Gasteiger partial charge on any atom is 0.318 e. The molecule has 3 rings (SSSR count). The van der Waals surface area contributed by atoms with Crippen molar-refractivity contribution < 1.29 is 19.1 Å². The van der Waals surface area contributed by atoms with Crippen LogP contribution in [-0.2, 0) is 19.1 Å². The fourth-order valence-corrected chi connectivity index (χ4v) is 3.71. The van der Waals surface area contributed by atoms with Gasteiger partial charge in [-0.1, -0.05) is 29.8 Å².